The van der Waals surface area contributed by atoms with E-state index in [-0.39, 0.29) is 16.8 Å². The van der Waals surface area contributed by atoms with E-state index in [1.54, 1.807) is 0 Å². The van der Waals surface area contributed by atoms with Crippen molar-refractivity contribution in [2.75, 3.05) is 23.3 Å². The highest BCUT2D eigenvalue weighted by atomic mass is 19.1. The number of carbonyl (C=O) groups is 2. The second-order valence-electron chi connectivity index (χ2n) is 5.85. The van der Waals surface area contributed by atoms with Crippen molar-refractivity contribution >= 4 is 23.4 Å². The maximum Gasteiger partial charge on any atom is 0.339 e. The molecular weight excluding hydrogens is 337 g/mol. The number of benzene rings is 1. The minimum absolute atomic E-state index is 0.0313. The predicted molar refractivity (Wildman–Crippen MR) is 98.3 cm³/mol. The molecule has 1 amide bonds. The average Bonchev–Trinajstić information content (AvgIpc) is 2.62. The first-order valence-electron chi connectivity index (χ1n) is 8.51. The first-order valence-corrected chi connectivity index (χ1v) is 8.51. The lowest BCUT2D eigenvalue weighted by molar-refractivity contribution is 0.0696. The van der Waals surface area contributed by atoms with Crippen molar-refractivity contribution in [2.24, 2.45) is 0 Å². The summed E-state index contributed by atoms with van der Waals surface area (Å²) in [6.45, 7) is 5.42. The zero-order valence-corrected chi connectivity index (χ0v) is 14.8. The van der Waals surface area contributed by atoms with Gasteiger partial charge in [-0.15, -0.1) is 0 Å². The van der Waals surface area contributed by atoms with E-state index in [0.717, 1.165) is 12.8 Å². The van der Waals surface area contributed by atoms with Gasteiger partial charge in [-0.3, -0.25) is 4.79 Å². The molecule has 0 radical (unpaired) electrons. The Bertz CT molecular complexity index is 772. The Morgan fingerprint density at radius 2 is 1.77 bits per heavy atom. The second kappa shape index (κ2) is 8.94. The normalized spacial score (nSPS) is 10.4. The molecular formula is C19H22FN3O3. The first-order chi connectivity index (χ1) is 12.5. The molecule has 0 spiro atoms. The van der Waals surface area contributed by atoms with Crippen molar-refractivity contribution in [3.8, 4) is 0 Å². The minimum atomic E-state index is -1.11. The van der Waals surface area contributed by atoms with Crippen LogP contribution in [0.5, 0.6) is 0 Å². The van der Waals surface area contributed by atoms with Crippen molar-refractivity contribution in [2.45, 2.75) is 26.7 Å². The van der Waals surface area contributed by atoms with Crippen molar-refractivity contribution < 1.29 is 19.1 Å². The Morgan fingerprint density at radius 1 is 1.15 bits per heavy atom. The van der Waals surface area contributed by atoms with Gasteiger partial charge in [0.1, 0.15) is 17.2 Å². The number of aromatic carboxylic acids is 1. The molecule has 1 aromatic carbocycles. The molecule has 2 N–H and O–H groups in total. The molecule has 138 valence electrons. The van der Waals surface area contributed by atoms with Gasteiger partial charge < -0.3 is 15.3 Å². The van der Waals surface area contributed by atoms with Gasteiger partial charge in [0.05, 0.1) is 11.9 Å². The summed E-state index contributed by atoms with van der Waals surface area (Å²) in [5, 5.41) is 12.1. The van der Waals surface area contributed by atoms with E-state index < -0.39 is 17.7 Å². The Morgan fingerprint density at radius 3 is 2.31 bits per heavy atom. The fraction of sp³-hybridized carbons (Fsp3) is 0.316. The molecule has 0 aliphatic heterocycles. The summed E-state index contributed by atoms with van der Waals surface area (Å²) >= 11 is 0. The van der Waals surface area contributed by atoms with Crippen LogP contribution in [0.2, 0.25) is 0 Å². The molecule has 0 fully saturated rings. The number of pyridine rings is 1. The summed E-state index contributed by atoms with van der Waals surface area (Å²) in [4.78, 5) is 30.1. The van der Waals surface area contributed by atoms with Crippen molar-refractivity contribution in [1.82, 2.24) is 4.98 Å². The molecule has 2 aromatic rings. The van der Waals surface area contributed by atoms with Crippen LogP contribution < -0.4 is 10.2 Å². The van der Waals surface area contributed by atoms with Crippen LogP contribution in [-0.4, -0.2) is 35.1 Å². The van der Waals surface area contributed by atoms with Gasteiger partial charge in [0.25, 0.3) is 5.91 Å². The number of hydrogen-bond donors (Lipinski definition) is 2. The maximum absolute atomic E-state index is 13.0. The predicted octanol–water partition coefficient (Wildman–Crippen LogP) is 3.80. The quantitative estimate of drug-likeness (QED) is 0.749. The Hall–Kier alpha value is -2.96. The van der Waals surface area contributed by atoms with Gasteiger partial charge in [-0.05, 0) is 43.2 Å². The molecule has 6 nitrogen and oxygen atoms in total. The molecule has 0 atom stereocenters. The zero-order chi connectivity index (χ0) is 19.1. The molecule has 26 heavy (non-hydrogen) atoms. The number of hydrogen-bond acceptors (Lipinski definition) is 4. The van der Waals surface area contributed by atoms with Crippen molar-refractivity contribution in [3.63, 3.8) is 0 Å². The van der Waals surface area contributed by atoms with Gasteiger partial charge in [-0.2, -0.15) is 0 Å². The Labute approximate surface area is 151 Å². The highest BCUT2D eigenvalue weighted by Crippen LogP contribution is 2.22. The third-order valence-corrected chi connectivity index (χ3v) is 3.75. The monoisotopic (exact) mass is 359 g/mol. The Balaban J connectivity index is 2.28. The van der Waals surface area contributed by atoms with E-state index in [1.807, 2.05) is 18.7 Å². The first kappa shape index (κ1) is 19.4. The molecule has 2 rings (SSSR count). The van der Waals surface area contributed by atoms with E-state index in [2.05, 4.69) is 10.3 Å². The molecule has 0 aliphatic rings. The number of carbonyl (C=O) groups excluding carboxylic acids is 1. The topological polar surface area (TPSA) is 82.5 Å². The molecule has 0 bridgehead atoms. The number of aromatic nitrogens is 1. The van der Waals surface area contributed by atoms with Gasteiger partial charge in [0.15, 0.2) is 0 Å². The third-order valence-electron chi connectivity index (χ3n) is 3.75. The summed E-state index contributed by atoms with van der Waals surface area (Å²) in [5.41, 5.74) is 0.572. The number of nitrogens with zero attached hydrogens (tertiary/aromatic N) is 2. The van der Waals surface area contributed by atoms with Gasteiger partial charge in [0.2, 0.25) is 0 Å². The lowest BCUT2D eigenvalue weighted by Crippen LogP contribution is -2.28. The van der Waals surface area contributed by atoms with Crippen molar-refractivity contribution in [3.05, 3.63) is 53.5 Å². The largest absolute Gasteiger partial charge is 0.478 e. The van der Waals surface area contributed by atoms with Crippen LogP contribution >= 0.6 is 0 Å². The maximum atomic E-state index is 13.0. The van der Waals surface area contributed by atoms with Crippen molar-refractivity contribution in [1.29, 1.82) is 0 Å². The van der Waals surface area contributed by atoms with Gasteiger partial charge in [-0.25, -0.2) is 14.2 Å². The van der Waals surface area contributed by atoms with Crippen LogP contribution in [0.1, 0.15) is 47.4 Å². The summed E-state index contributed by atoms with van der Waals surface area (Å²) < 4.78 is 13.0. The lowest BCUT2D eigenvalue weighted by Gasteiger charge is -2.24. The number of amides is 1. The van der Waals surface area contributed by atoms with E-state index in [0.29, 0.717) is 18.9 Å². The van der Waals surface area contributed by atoms with E-state index in [9.17, 15) is 19.1 Å². The summed E-state index contributed by atoms with van der Waals surface area (Å²) in [6.07, 6.45) is 3.16. The van der Waals surface area contributed by atoms with Crippen LogP contribution in [0, 0.1) is 5.82 Å². The third kappa shape index (κ3) is 4.78. The van der Waals surface area contributed by atoms with E-state index in [1.165, 1.54) is 36.5 Å². The number of carboxylic acid groups (broad SMARTS) is 1. The van der Waals surface area contributed by atoms with Crippen LogP contribution in [-0.2, 0) is 0 Å². The SMILES string of the molecule is CCCN(CCC)c1ncc(NC(=O)c2ccc(F)cc2)cc1C(=O)O. The van der Waals surface area contributed by atoms with Crippen LogP contribution in [0.4, 0.5) is 15.9 Å². The summed E-state index contributed by atoms with van der Waals surface area (Å²) in [7, 11) is 0. The molecule has 0 aliphatic carbocycles. The van der Waals surface area contributed by atoms with Gasteiger partial charge in [-0.1, -0.05) is 13.8 Å². The number of anilines is 2. The molecule has 7 heteroatoms. The molecule has 1 aromatic heterocycles. The molecule has 1 heterocycles. The average molecular weight is 359 g/mol. The fourth-order valence-electron chi connectivity index (χ4n) is 2.60. The minimum Gasteiger partial charge on any atom is -0.478 e. The summed E-state index contributed by atoms with van der Waals surface area (Å²) in [5.74, 6) is -1.62. The number of rotatable bonds is 8. The van der Waals surface area contributed by atoms with Crippen LogP contribution in [0.25, 0.3) is 0 Å². The van der Waals surface area contributed by atoms with Crippen LogP contribution in [0.3, 0.4) is 0 Å². The Kier molecular flexibility index (Phi) is 6.66. The second-order valence-corrected chi connectivity index (χ2v) is 5.85. The molecule has 0 saturated heterocycles. The fourth-order valence-corrected chi connectivity index (χ4v) is 2.60. The standard InChI is InChI=1S/C19H22FN3O3/c1-3-9-23(10-4-2)17-16(19(25)26)11-15(12-21-17)22-18(24)13-5-7-14(20)8-6-13/h5-8,11-12H,3-4,9-10H2,1-2H3,(H,22,24)(H,25,26). The molecule has 0 unspecified atom stereocenters. The highest BCUT2D eigenvalue weighted by Gasteiger charge is 2.18. The lowest BCUT2D eigenvalue weighted by atomic mass is 10.2. The number of carboxylic acids is 1. The van der Waals surface area contributed by atoms with Gasteiger partial charge in [0, 0.05) is 18.7 Å². The van der Waals surface area contributed by atoms with E-state index in [4.69, 9.17) is 0 Å². The zero-order valence-electron chi connectivity index (χ0n) is 14.8. The van der Waals surface area contributed by atoms with Crippen LogP contribution in [0.15, 0.2) is 36.5 Å². The highest BCUT2D eigenvalue weighted by molar-refractivity contribution is 6.05. The number of halogens is 1. The molecule has 0 saturated carbocycles. The smallest absolute Gasteiger partial charge is 0.339 e. The van der Waals surface area contributed by atoms with E-state index >= 15 is 0 Å². The van der Waals surface area contributed by atoms with Gasteiger partial charge >= 0.3 is 5.97 Å². The summed E-state index contributed by atoms with van der Waals surface area (Å²) in [6, 6.07) is 6.48. The number of nitrogens with one attached hydrogen (secondary N) is 1.